The predicted molar refractivity (Wildman–Crippen MR) is 149 cm³/mol. The second kappa shape index (κ2) is 11.8. The Bertz CT molecular complexity index is 1360. The van der Waals surface area contributed by atoms with Gasteiger partial charge in [-0.25, -0.2) is 5.84 Å². The number of amides is 1. The van der Waals surface area contributed by atoms with E-state index in [4.69, 9.17) is 11.6 Å². The van der Waals surface area contributed by atoms with Crippen LogP contribution in [0.15, 0.2) is 48.8 Å². The van der Waals surface area contributed by atoms with Crippen molar-refractivity contribution in [3.8, 4) is 0 Å². The van der Waals surface area contributed by atoms with Crippen molar-refractivity contribution in [2.75, 3.05) is 49.5 Å². The quantitative estimate of drug-likeness (QED) is 0.277. The molecule has 1 heterocycles. The lowest BCUT2D eigenvalue weighted by molar-refractivity contribution is -0.137. The molecule has 0 saturated carbocycles. The highest BCUT2D eigenvalue weighted by molar-refractivity contribution is 6.08. The van der Waals surface area contributed by atoms with Crippen LogP contribution in [0.1, 0.15) is 32.7 Å². The molecule has 39 heavy (non-hydrogen) atoms. The third-order valence-electron chi connectivity index (χ3n) is 6.43. The second-order valence-electron chi connectivity index (χ2n) is 9.67. The molecule has 0 spiro atoms. The van der Waals surface area contributed by atoms with Crippen LogP contribution in [0.2, 0.25) is 0 Å². The van der Waals surface area contributed by atoms with E-state index in [2.05, 4.69) is 10.4 Å². The number of halogens is 3. The summed E-state index contributed by atoms with van der Waals surface area (Å²) in [7, 11) is 7.33. The molecule has 5 N–H and O–H groups in total. The van der Waals surface area contributed by atoms with E-state index in [1.54, 1.807) is 54.3 Å². The molecule has 0 aliphatic heterocycles. The Morgan fingerprint density at radius 1 is 1.05 bits per heavy atom. The molecule has 0 fully saturated rings. The van der Waals surface area contributed by atoms with Gasteiger partial charge in [0.15, 0.2) is 0 Å². The Balaban J connectivity index is 1.92. The Kier molecular flexibility index (Phi) is 8.92. The first-order chi connectivity index (χ1) is 18.2. The molecule has 1 aromatic heterocycles. The number of nitrogens with two attached hydrogens (primary N) is 2. The molecule has 3 rings (SSSR count). The molecule has 1 amide bonds. The van der Waals surface area contributed by atoms with E-state index in [0.717, 1.165) is 29.0 Å². The maximum Gasteiger partial charge on any atom is 0.416 e. The number of benzene rings is 2. The summed E-state index contributed by atoms with van der Waals surface area (Å²) in [5.41, 5.74) is 9.33. The summed E-state index contributed by atoms with van der Waals surface area (Å²) in [6.07, 6.45) is -1.41. The van der Waals surface area contributed by atoms with E-state index in [1.807, 2.05) is 32.8 Å². The minimum absolute atomic E-state index is 0.0889. The van der Waals surface area contributed by atoms with Crippen LogP contribution in [-0.4, -0.2) is 54.8 Å². The number of hydrogen-bond acceptors (Lipinski definition) is 7. The first kappa shape index (κ1) is 29.5. The fraction of sp³-hybridized carbons (Fsp3) is 0.333. The van der Waals surface area contributed by atoms with Gasteiger partial charge < -0.3 is 20.9 Å². The number of carbonyl (C=O) groups excluding carboxylic acids is 1. The SMILES string of the molecule is Cc1ccc(NC(=O)c2cc(C(F)(F)F)ccc2N(C)CCN(C)C)cc1N(N)/C=C(\N)c1cnn(C)c1C. The number of nitrogens with one attached hydrogen (secondary N) is 1. The average molecular weight is 545 g/mol. The molecule has 0 aliphatic rings. The Labute approximate surface area is 226 Å². The summed E-state index contributed by atoms with van der Waals surface area (Å²) in [5.74, 6) is 5.62. The zero-order valence-electron chi connectivity index (χ0n) is 23.0. The van der Waals surface area contributed by atoms with Crippen LogP contribution in [0.25, 0.3) is 5.70 Å². The Hall–Kier alpha value is -4.03. The minimum atomic E-state index is -4.59. The molecule has 0 aliphatic carbocycles. The third kappa shape index (κ3) is 7.09. The average Bonchev–Trinajstić information content (AvgIpc) is 3.20. The van der Waals surface area contributed by atoms with E-state index in [0.29, 0.717) is 35.8 Å². The lowest BCUT2D eigenvalue weighted by atomic mass is 10.1. The van der Waals surface area contributed by atoms with Gasteiger partial charge in [-0.3, -0.25) is 14.5 Å². The van der Waals surface area contributed by atoms with Gasteiger partial charge in [0.05, 0.1) is 28.7 Å². The van der Waals surface area contributed by atoms with Crippen LogP contribution in [0.4, 0.5) is 30.2 Å². The van der Waals surface area contributed by atoms with E-state index < -0.39 is 17.6 Å². The van der Waals surface area contributed by atoms with Gasteiger partial charge in [0.25, 0.3) is 5.91 Å². The molecular formula is C27H35F3N8O. The zero-order valence-corrected chi connectivity index (χ0v) is 23.0. The standard InChI is InChI=1S/C27H35F3N8O/c1-17-7-9-20(14-25(17)38(32)16-23(31)22-15-33-37(6)18(22)2)34-26(39)21-13-19(27(28,29)30)8-10-24(21)36(5)12-11-35(3)4/h7-10,13-16H,11-12,31-32H2,1-6H3,(H,34,39)/b23-16-. The van der Waals surface area contributed by atoms with Crippen molar-refractivity contribution in [1.29, 1.82) is 0 Å². The van der Waals surface area contributed by atoms with Gasteiger partial charge in [-0.15, -0.1) is 0 Å². The smallest absolute Gasteiger partial charge is 0.397 e. The molecule has 2 aromatic carbocycles. The van der Waals surface area contributed by atoms with Gasteiger partial charge in [-0.05, 0) is 63.8 Å². The molecular weight excluding hydrogens is 509 g/mol. The van der Waals surface area contributed by atoms with E-state index >= 15 is 0 Å². The van der Waals surface area contributed by atoms with E-state index in [9.17, 15) is 18.0 Å². The molecule has 0 atom stereocenters. The minimum Gasteiger partial charge on any atom is -0.397 e. The number of nitrogens with zero attached hydrogens (tertiary/aromatic N) is 5. The molecule has 210 valence electrons. The Morgan fingerprint density at radius 2 is 1.74 bits per heavy atom. The maximum absolute atomic E-state index is 13.5. The lowest BCUT2D eigenvalue weighted by Crippen LogP contribution is -2.30. The van der Waals surface area contributed by atoms with Gasteiger partial charge in [-0.1, -0.05) is 6.07 Å². The molecule has 0 bridgehead atoms. The number of aromatic nitrogens is 2. The summed E-state index contributed by atoms with van der Waals surface area (Å²) in [5, 5.41) is 8.24. The second-order valence-corrected chi connectivity index (χ2v) is 9.67. The van der Waals surface area contributed by atoms with Crippen molar-refractivity contribution in [2.24, 2.45) is 18.6 Å². The summed E-state index contributed by atoms with van der Waals surface area (Å²) >= 11 is 0. The number of rotatable bonds is 9. The van der Waals surface area contributed by atoms with Crippen molar-refractivity contribution in [3.63, 3.8) is 0 Å². The zero-order chi connectivity index (χ0) is 29.1. The molecule has 0 unspecified atom stereocenters. The summed E-state index contributed by atoms with van der Waals surface area (Å²) in [6.45, 7) is 4.89. The largest absolute Gasteiger partial charge is 0.416 e. The molecule has 9 nitrogen and oxygen atoms in total. The molecule has 12 heteroatoms. The van der Waals surface area contributed by atoms with Gasteiger partial charge in [0.2, 0.25) is 0 Å². The molecule has 0 saturated heterocycles. The van der Waals surface area contributed by atoms with Crippen molar-refractivity contribution in [1.82, 2.24) is 14.7 Å². The number of anilines is 3. The van der Waals surface area contributed by atoms with Crippen LogP contribution >= 0.6 is 0 Å². The first-order valence-corrected chi connectivity index (χ1v) is 12.2. The number of alkyl halides is 3. The van der Waals surface area contributed by atoms with Crippen LogP contribution < -0.4 is 26.8 Å². The monoisotopic (exact) mass is 544 g/mol. The van der Waals surface area contributed by atoms with Crippen LogP contribution in [0.3, 0.4) is 0 Å². The first-order valence-electron chi connectivity index (χ1n) is 12.2. The number of hydrogen-bond donors (Lipinski definition) is 3. The normalized spacial score (nSPS) is 12.1. The fourth-order valence-corrected chi connectivity index (χ4v) is 3.93. The topological polar surface area (TPSA) is 109 Å². The summed E-state index contributed by atoms with van der Waals surface area (Å²) in [6, 6.07) is 8.22. The summed E-state index contributed by atoms with van der Waals surface area (Å²) in [4.78, 5) is 17.0. The third-order valence-corrected chi connectivity index (χ3v) is 6.43. The highest BCUT2D eigenvalue weighted by Gasteiger charge is 2.32. The maximum atomic E-state index is 13.5. The Morgan fingerprint density at radius 3 is 2.33 bits per heavy atom. The van der Waals surface area contributed by atoms with Gasteiger partial charge >= 0.3 is 6.18 Å². The van der Waals surface area contributed by atoms with Crippen molar-refractivity contribution >= 4 is 28.7 Å². The fourth-order valence-electron chi connectivity index (χ4n) is 3.93. The van der Waals surface area contributed by atoms with Crippen LogP contribution in [-0.2, 0) is 13.2 Å². The van der Waals surface area contributed by atoms with Crippen LogP contribution in [0.5, 0.6) is 0 Å². The van der Waals surface area contributed by atoms with Crippen molar-refractivity contribution in [3.05, 3.63) is 76.7 Å². The van der Waals surface area contributed by atoms with Gasteiger partial charge in [0, 0.05) is 56.0 Å². The van der Waals surface area contributed by atoms with Gasteiger partial charge in [-0.2, -0.15) is 18.3 Å². The number of likely N-dealkylation sites (N-methyl/N-ethyl adjacent to an activating group) is 2. The van der Waals surface area contributed by atoms with Crippen LogP contribution in [0, 0.1) is 13.8 Å². The highest BCUT2D eigenvalue weighted by atomic mass is 19.4. The number of carbonyl (C=O) groups is 1. The highest BCUT2D eigenvalue weighted by Crippen LogP contribution is 2.33. The molecule has 3 aromatic rings. The van der Waals surface area contributed by atoms with Gasteiger partial charge in [0.1, 0.15) is 0 Å². The predicted octanol–water partition coefficient (Wildman–Crippen LogP) is 3.94. The van der Waals surface area contributed by atoms with Crippen molar-refractivity contribution < 1.29 is 18.0 Å². The van der Waals surface area contributed by atoms with E-state index in [1.165, 1.54) is 11.1 Å². The number of aryl methyl sites for hydroxylation is 2. The van der Waals surface area contributed by atoms with Crippen molar-refractivity contribution in [2.45, 2.75) is 20.0 Å². The summed E-state index contributed by atoms with van der Waals surface area (Å²) < 4.78 is 42.2. The molecule has 0 radical (unpaired) electrons. The van der Waals surface area contributed by atoms with E-state index in [-0.39, 0.29) is 5.56 Å². The lowest BCUT2D eigenvalue weighted by Gasteiger charge is -2.25. The number of hydrazine groups is 1.